The molecule has 0 radical (unpaired) electrons. The second-order valence-corrected chi connectivity index (χ2v) is 7.92. The van der Waals surface area contributed by atoms with E-state index in [-0.39, 0.29) is 0 Å². The number of nitrogens with zero attached hydrogens (tertiary/aromatic N) is 1. The molecule has 0 aliphatic heterocycles. The number of anilines is 3. The van der Waals surface area contributed by atoms with E-state index >= 15 is 0 Å². The van der Waals surface area contributed by atoms with Gasteiger partial charge in [0.25, 0.3) is 0 Å². The van der Waals surface area contributed by atoms with E-state index in [1.807, 2.05) is 30.3 Å². The molecule has 0 saturated heterocycles. The molecule has 6 nitrogen and oxygen atoms in total. The smallest absolute Gasteiger partial charge is 0.229 e. The summed E-state index contributed by atoms with van der Waals surface area (Å²) in [4.78, 5) is 0. The number of aromatic nitrogens is 2. The highest BCUT2D eigenvalue weighted by atomic mass is 79.9. The first-order valence-corrected chi connectivity index (χ1v) is 9.74. The van der Waals surface area contributed by atoms with Crippen LogP contribution in [-0.2, 0) is 10.0 Å². The van der Waals surface area contributed by atoms with Gasteiger partial charge in [-0.15, -0.1) is 0 Å². The Kier molecular flexibility index (Phi) is 4.59. The molecule has 124 valence electrons. The van der Waals surface area contributed by atoms with Crippen molar-refractivity contribution in [2.45, 2.75) is 0 Å². The third-order valence-corrected chi connectivity index (χ3v) is 4.27. The van der Waals surface area contributed by atoms with Gasteiger partial charge in [0, 0.05) is 27.5 Å². The van der Waals surface area contributed by atoms with Crippen molar-refractivity contribution in [3.63, 3.8) is 0 Å². The Hall–Kier alpha value is -2.32. The Morgan fingerprint density at radius 3 is 2.42 bits per heavy atom. The third-order valence-electron chi connectivity index (χ3n) is 3.17. The molecule has 0 fully saturated rings. The van der Waals surface area contributed by atoms with Crippen LogP contribution < -0.4 is 10.0 Å². The van der Waals surface area contributed by atoms with Crippen LogP contribution in [0.1, 0.15) is 0 Å². The summed E-state index contributed by atoms with van der Waals surface area (Å²) in [7, 11) is -3.27. The van der Waals surface area contributed by atoms with Crippen LogP contribution in [0.2, 0.25) is 0 Å². The van der Waals surface area contributed by atoms with Crippen LogP contribution in [0.25, 0.3) is 11.3 Å². The maximum Gasteiger partial charge on any atom is 0.229 e. The molecule has 0 amide bonds. The summed E-state index contributed by atoms with van der Waals surface area (Å²) >= 11 is 3.45. The predicted octanol–water partition coefficient (Wildman–Crippen LogP) is 3.95. The number of sulfonamides is 1. The fourth-order valence-corrected chi connectivity index (χ4v) is 3.14. The molecule has 0 bridgehead atoms. The van der Waals surface area contributed by atoms with Gasteiger partial charge in [0.2, 0.25) is 10.0 Å². The Labute approximate surface area is 148 Å². The molecule has 3 aromatic rings. The normalized spacial score (nSPS) is 11.2. The van der Waals surface area contributed by atoms with Crippen molar-refractivity contribution >= 4 is 43.1 Å². The van der Waals surface area contributed by atoms with Gasteiger partial charge >= 0.3 is 0 Å². The summed E-state index contributed by atoms with van der Waals surface area (Å²) in [6.07, 6.45) is 1.12. The van der Waals surface area contributed by atoms with Crippen LogP contribution >= 0.6 is 15.9 Å². The molecule has 3 rings (SSSR count). The molecule has 3 N–H and O–H groups in total. The van der Waals surface area contributed by atoms with Gasteiger partial charge in [0.1, 0.15) is 0 Å². The molecule has 8 heteroatoms. The molecule has 1 heterocycles. The Balaban J connectivity index is 1.73. The maximum absolute atomic E-state index is 11.2. The molecule has 0 aliphatic carbocycles. The number of aromatic amines is 1. The number of hydrogen-bond donors (Lipinski definition) is 3. The minimum Gasteiger partial charge on any atom is -0.339 e. The lowest BCUT2D eigenvalue weighted by molar-refractivity contribution is 0.607. The summed E-state index contributed by atoms with van der Waals surface area (Å²) < 4.78 is 25.8. The van der Waals surface area contributed by atoms with Crippen LogP contribution in [0.5, 0.6) is 0 Å². The quantitative estimate of drug-likeness (QED) is 0.598. The van der Waals surface area contributed by atoms with Gasteiger partial charge in [0.15, 0.2) is 5.82 Å². The van der Waals surface area contributed by atoms with Crippen LogP contribution in [0.4, 0.5) is 17.2 Å². The fourth-order valence-electron chi connectivity index (χ4n) is 2.17. The largest absolute Gasteiger partial charge is 0.339 e. The highest BCUT2D eigenvalue weighted by Crippen LogP contribution is 2.25. The molecule has 0 aliphatic rings. The Morgan fingerprint density at radius 1 is 1.04 bits per heavy atom. The van der Waals surface area contributed by atoms with Gasteiger partial charge in [-0.05, 0) is 36.4 Å². The van der Waals surface area contributed by atoms with Crippen molar-refractivity contribution in [2.75, 3.05) is 16.3 Å². The molecule has 24 heavy (non-hydrogen) atoms. The van der Waals surface area contributed by atoms with E-state index in [4.69, 9.17) is 0 Å². The molecule has 0 spiro atoms. The zero-order valence-corrected chi connectivity index (χ0v) is 15.1. The SMILES string of the molecule is CS(=O)(=O)Nc1ccc(Nc2cc(-c3cccc(Br)c3)[nH]n2)cc1. The minimum atomic E-state index is -3.27. The summed E-state index contributed by atoms with van der Waals surface area (Å²) in [6.45, 7) is 0. The third kappa shape index (κ3) is 4.36. The summed E-state index contributed by atoms with van der Waals surface area (Å²) in [5, 5.41) is 10.4. The van der Waals surface area contributed by atoms with Crippen LogP contribution in [-0.4, -0.2) is 24.9 Å². The van der Waals surface area contributed by atoms with Crippen molar-refractivity contribution in [1.29, 1.82) is 0 Å². The first-order chi connectivity index (χ1) is 11.4. The van der Waals surface area contributed by atoms with E-state index in [2.05, 4.69) is 36.2 Å². The number of nitrogens with one attached hydrogen (secondary N) is 3. The van der Waals surface area contributed by atoms with Crippen molar-refractivity contribution in [3.05, 3.63) is 59.1 Å². The van der Waals surface area contributed by atoms with Crippen LogP contribution in [0.15, 0.2) is 59.1 Å². The molecule has 0 unspecified atom stereocenters. The number of hydrogen-bond acceptors (Lipinski definition) is 4. The van der Waals surface area contributed by atoms with Gasteiger partial charge < -0.3 is 5.32 Å². The molecule has 2 aromatic carbocycles. The lowest BCUT2D eigenvalue weighted by Crippen LogP contribution is -2.09. The van der Waals surface area contributed by atoms with Gasteiger partial charge in [-0.3, -0.25) is 9.82 Å². The maximum atomic E-state index is 11.2. The standard InChI is InChI=1S/C16H15BrN4O2S/c1-24(22,23)21-14-7-5-13(6-8-14)18-16-10-15(19-20-16)11-3-2-4-12(17)9-11/h2-10,21H,1H3,(H2,18,19,20). The molecular weight excluding hydrogens is 392 g/mol. The van der Waals surface area contributed by atoms with E-state index in [1.54, 1.807) is 24.3 Å². The zero-order valence-electron chi connectivity index (χ0n) is 12.7. The van der Waals surface area contributed by atoms with Crippen molar-refractivity contribution < 1.29 is 8.42 Å². The topological polar surface area (TPSA) is 86.9 Å². The van der Waals surface area contributed by atoms with Crippen molar-refractivity contribution in [3.8, 4) is 11.3 Å². The highest BCUT2D eigenvalue weighted by Gasteiger charge is 2.05. The van der Waals surface area contributed by atoms with Gasteiger partial charge in [-0.25, -0.2) is 8.42 Å². The molecule has 0 saturated carbocycles. The van der Waals surface area contributed by atoms with E-state index in [0.717, 1.165) is 27.7 Å². The summed E-state index contributed by atoms with van der Waals surface area (Å²) in [5.74, 6) is 0.675. The van der Waals surface area contributed by atoms with Gasteiger partial charge in [-0.1, -0.05) is 28.1 Å². The number of benzene rings is 2. The van der Waals surface area contributed by atoms with Crippen molar-refractivity contribution in [1.82, 2.24) is 10.2 Å². The zero-order chi connectivity index (χ0) is 17.2. The monoisotopic (exact) mass is 406 g/mol. The molecule has 1 aromatic heterocycles. The van der Waals surface area contributed by atoms with E-state index in [1.165, 1.54) is 0 Å². The average Bonchev–Trinajstić information content (AvgIpc) is 2.96. The average molecular weight is 407 g/mol. The highest BCUT2D eigenvalue weighted by molar-refractivity contribution is 9.10. The first kappa shape index (κ1) is 16.5. The summed E-state index contributed by atoms with van der Waals surface area (Å²) in [5.41, 5.74) is 3.24. The number of halogens is 1. The van der Waals surface area contributed by atoms with E-state index in [9.17, 15) is 8.42 Å². The van der Waals surface area contributed by atoms with Crippen LogP contribution in [0, 0.1) is 0 Å². The van der Waals surface area contributed by atoms with E-state index < -0.39 is 10.0 Å². The second-order valence-electron chi connectivity index (χ2n) is 5.25. The summed E-state index contributed by atoms with van der Waals surface area (Å²) in [6, 6.07) is 16.8. The second kappa shape index (κ2) is 6.66. The van der Waals surface area contributed by atoms with E-state index in [0.29, 0.717) is 11.5 Å². The van der Waals surface area contributed by atoms with Crippen molar-refractivity contribution in [2.24, 2.45) is 0 Å². The molecule has 0 atom stereocenters. The number of H-pyrrole nitrogens is 1. The van der Waals surface area contributed by atoms with Gasteiger partial charge in [-0.2, -0.15) is 5.10 Å². The fraction of sp³-hybridized carbons (Fsp3) is 0.0625. The lowest BCUT2D eigenvalue weighted by atomic mass is 10.1. The molecular formula is C16H15BrN4O2S. The number of rotatable bonds is 5. The first-order valence-electron chi connectivity index (χ1n) is 7.05. The minimum absolute atomic E-state index is 0.514. The van der Waals surface area contributed by atoms with Crippen LogP contribution in [0.3, 0.4) is 0 Å². The predicted molar refractivity (Wildman–Crippen MR) is 99.9 cm³/mol. The van der Waals surface area contributed by atoms with Gasteiger partial charge in [0.05, 0.1) is 11.9 Å². The Morgan fingerprint density at radius 2 is 1.75 bits per heavy atom. The Bertz CT molecular complexity index is 952. The lowest BCUT2D eigenvalue weighted by Gasteiger charge is -2.06.